The summed E-state index contributed by atoms with van der Waals surface area (Å²) in [5, 5.41) is 7.89. The zero-order valence-electron chi connectivity index (χ0n) is 14.9. The lowest BCUT2D eigenvalue weighted by Crippen LogP contribution is -2.28. The van der Waals surface area contributed by atoms with Crippen LogP contribution in [-0.4, -0.2) is 31.9 Å². The molecule has 0 spiro atoms. The zero-order chi connectivity index (χ0) is 19.6. The van der Waals surface area contributed by atoms with E-state index in [4.69, 9.17) is 11.6 Å². The smallest absolute Gasteiger partial charge is 0.272 e. The number of thioether (sulfide) groups is 1. The highest BCUT2D eigenvalue weighted by Crippen LogP contribution is 2.22. The highest BCUT2D eigenvalue weighted by Gasteiger charge is 2.20. The van der Waals surface area contributed by atoms with Gasteiger partial charge in [0, 0.05) is 11.3 Å². The van der Waals surface area contributed by atoms with Crippen LogP contribution in [0.5, 0.6) is 0 Å². The number of carbonyl (C=O) groups excluding carboxylic acids is 1. The van der Waals surface area contributed by atoms with E-state index >= 15 is 0 Å². The molecular formula is C18H17ClFN5OS. The van der Waals surface area contributed by atoms with Gasteiger partial charge in [0.1, 0.15) is 5.82 Å². The lowest BCUT2D eigenvalue weighted by Gasteiger charge is -2.14. The van der Waals surface area contributed by atoms with Crippen LogP contribution in [0.3, 0.4) is 0 Å². The fourth-order valence-electron chi connectivity index (χ4n) is 2.64. The van der Waals surface area contributed by atoms with Gasteiger partial charge in [0.05, 0.1) is 29.1 Å². The Morgan fingerprint density at radius 2 is 2.00 bits per heavy atom. The Kier molecular flexibility index (Phi) is 5.76. The topological polar surface area (TPSA) is 72.7 Å². The molecule has 1 aromatic carbocycles. The monoisotopic (exact) mass is 405 g/mol. The van der Waals surface area contributed by atoms with Crippen molar-refractivity contribution in [1.82, 2.24) is 25.1 Å². The van der Waals surface area contributed by atoms with Crippen molar-refractivity contribution in [2.45, 2.75) is 25.0 Å². The third kappa shape index (κ3) is 4.12. The minimum atomic E-state index is -0.390. The van der Waals surface area contributed by atoms with Crippen molar-refractivity contribution >= 4 is 29.3 Å². The van der Waals surface area contributed by atoms with E-state index in [-0.39, 0.29) is 28.5 Å². The van der Waals surface area contributed by atoms with Gasteiger partial charge in [-0.2, -0.15) is 5.10 Å². The maximum atomic E-state index is 13.1. The van der Waals surface area contributed by atoms with E-state index in [2.05, 4.69) is 20.4 Å². The molecule has 6 nitrogen and oxygen atoms in total. The first-order valence-electron chi connectivity index (χ1n) is 8.08. The van der Waals surface area contributed by atoms with Gasteiger partial charge in [0.25, 0.3) is 5.91 Å². The zero-order valence-corrected chi connectivity index (χ0v) is 16.5. The maximum absolute atomic E-state index is 13.1. The van der Waals surface area contributed by atoms with Gasteiger partial charge in [0.2, 0.25) is 0 Å². The summed E-state index contributed by atoms with van der Waals surface area (Å²) in [6.07, 6.45) is 4.91. The molecule has 9 heteroatoms. The Labute approximate surface area is 165 Å². The minimum Gasteiger partial charge on any atom is -0.344 e. The number of halogens is 2. The molecule has 1 amide bonds. The molecule has 1 atom stereocenters. The SMILES string of the molecule is CSc1ncc(Cl)c(C(=O)N[C@@H](C)c2cnn(-c3ccc(F)cc3)c2C)n1. The third-order valence-electron chi connectivity index (χ3n) is 4.05. The number of hydrogen-bond donors (Lipinski definition) is 1. The summed E-state index contributed by atoms with van der Waals surface area (Å²) in [6.45, 7) is 3.74. The molecule has 0 unspecified atom stereocenters. The molecule has 3 aromatic rings. The molecule has 0 aliphatic heterocycles. The number of aromatic nitrogens is 4. The Bertz CT molecular complexity index is 976. The highest BCUT2D eigenvalue weighted by atomic mass is 35.5. The molecule has 0 fully saturated rings. The first kappa shape index (κ1) is 19.3. The lowest BCUT2D eigenvalue weighted by atomic mass is 10.1. The Morgan fingerprint density at radius 3 is 2.67 bits per heavy atom. The van der Waals surface area contributed by atoms with Crippen LogP contribution in [0.4, 0.5) is 4.39 Å². The summed E-state index contributed by atoms with van der Waals surface area (Å²) in [7, 11) is 0. The summed E-state index contributed by atoms with van der Waals surface area (Å²) in [4.78, 5) is 20.8. The van der Waals surface area contributed by atoms with Crippen molar-refractivity contribution in [3.63, 3.8) is 0 Å². The number of nitrogens with zero attached hydrogens (tertiary/aromatic N) is 4. The quantitative estimate of drug-likeness (QED) is 0.513. The van der Waals surface area contributed by atoms with Crippen molar-refractivity contribution in [3.05, 3.63) is 64.5 Å². The van der Waals surface area contributed by atoms with Crippen LogP contribution in [0, 0.1) is 12.7 Å². The molecule has 2 heterocycles. The Hall–Kier alpha value is -2.45. The van der Waals surface area contributed by atoms with Crippen LogP contribution in [0.1, 0.15) is 34.7 Å². The van der Waals surface area contributed by atoms with Crippen LogP contribution in [0.25, 0.3) is 5.69 Å². The Morgan fingerprint density at radius 1 is 1.30 bits per heavy atom. The van der Waals surface area contributed by atoms with Crippen LogP contribution in [0.15, 0.2) is 41.8 Å². The highest BCUT2D eigenvalue weighted by molar-refractivity contribution is 7.98. The van der Waals surface area contributed by atoms with Gasteiger partial charge in [-0.3, -0.25) is 4.79 Å². The van der Waals surface area contributed by atoms with E-state index in [1.54, 1.807) is 23.0 Å². The number of amides is 1. The molecule has 0 aliphatic rings. The molecular weight excluding hydrogens is 389 g/mol. The molecule has 2 aromatic heterocycles. The fraction of sp³-hybridized carbons (Fsp3) is 0.222. The number of hydrogen-bond acceptors (Lipinski definition) is 5. The molecule has 0 radical (unpaired) electrons. The van der Waals surface area contributed by atoms with Crippen LogP contribution in [0.2, 0.25) is 5.02 Å². The van der Waals surface area contributed by atoms with Crippen LogP contribution >= 0.6 is 23.4 Å². The maximum Gasteiger partial charge on any atom is 0.272 e. The lowest BCUT2D eigenvalue weighted by molar-refractivity contribution is 0.0934. The first-order chi connectivity index (χ1) is 12.9. The summed E-state index contributed by atoms with van der Waals surface area (Å²) in [6, 6.07) is 5.72. The molecule has 140 valence electrons. The molecule has 0 aliphatic carbocycles. The molecule has 0 bridgehead atoms. The number of nitrogens with one attached hydrogen (secondary N) is 1. The van der Waals surface area contributed by atoms with E-state index in [0.717, 1.165) is 16.9 Å². The second-order valence-corrected chi connectivity index (χ2v) is 7.00. The van der Waals surface area contributed by atoms with Crippen molar-refractivity contribution in [2.24, 2.45) is 0 Å². The number of rotatable bonds is 5. The van der Waals surface area contributed by atoms with Gasteiger partial charge >= 0.3 is 0 Å². The van der Waals surface area contributed by atoms with Crippen molar-refractivity contribution in [2.75, 3.05) is 6.26 Å². The minimum absolute atomic E-state index is 0.131. The van der Waals surface area contributed by atoms with E-state index in [1.807, 2.05) is 20.1 Å². The van der Waals surface area contributed by atoms with Gasteiger partial charge in [-0.15, -0.1) is 0 Å². The van der Waals surface area contributed by atoms with E-state index in [0.29, 0.717) is 5.16 Å². The Balaban J connectivity index is 1.82. The van der Waals surface area contributed by atoms with Crippen LogP contribution < -0.4 is 5.32 Å². The summed E-state index contributed by atoms with van der Waals surface area (Å²) in [5.74, 6) is -0.699. The van der Waals surface area contributed by atoms with E-state index in [9.17, 15) is 9.18 Å². The predicted octanol–water partition coefficient (Wildman–Crippen LogP) is 3.98. The molecule has 0 saturated heterocycles. The second-order valence-electron chi connectivity index (χ2n) is 5.82. The summed E-state index contributed by atoms with van der Waals surface area (Å²) in [5.41, 5.74) is 2.55. The normalized spacial score (nSPS) is 12.0. The number of benzene rings is 1. The fourth-order valence-corrected chi connectivity index (χ4v) is 3.16. The molecule has 0 saturated carbocycles. The van der Waals surface area contributed by atoms with Gasteiger partial charge < -0.3 is 5.32 Å². The van der Waals surface area contributed by atoms with E-state index in [1.165, 1.54) is 30.1 Å². The first-order valence-corrected chi connectivity index (χ1v) is 9.69. The van der Waals surface area contributed by atoms with Gasteiger partial charge in [0.15, 0.2) is 10.9 Å². The van der Waals surface area contributed by atoms with Gasteiger partial charge in [-0.05, 0) is 44.4 Å². The second kappa shape index (κ2) is 8.06. The summed E-state index contributed by atoms with van der Waals surface area (Å²) < 4.78 is 14.8. The molecule has 27 heavy (non-hydrogen) atoms. The average molecular weight is 406 g/mol. The number of carbonyl (C=O) groups is 1. The van der Waals surface area contributed by atoms with Crippen molar-refractivity contribution in [1.29, 1.82) is 0 Å². The molecule has 1 N–H and O–H groups in total. The summed E-state index contributed by atoms with van der Waals surface area (Å²) >= 11 is 7.39. The average Bonchev–Trinajstić information content (AvgIpc) is 3.04. The molecule has 3 rings (SSSR count). The van der Waals surface area contributed by atoms with Crippen molar-refractivity contribution in [3.8, 4) is 5.69 Å². The largest absolute Gasteiger partial charge is 0.344 e. The van der Waals surface area contributed by atoms with Crippen LogP contribution in [-0.2, 0) is 0 Å². The van der Waals surface area contributed by atoms with Crippen molar-refractivity contribution < 1.29 is 9.18 Å². The van der Waals surface area contributed by atoms with E-state index < -0.39 is 0 Å². The van der Waals surface area contributed by atoms with Gasteiger partial charge in [-0.25, -0.2) is 19.0 Å². The standard InChI is InChI=1S/C18H17ClFN5OS/c1-10(23-17(26)16-15(19)9-21-18(24-16)27-3)14-8-22-25(11(14)2)13-6-4-12(20)5-7-13/h4-10H,1-3H3,(H,23,26)/t10-/m0/s1. The third-order valence-corrected chi connectivity index (χ3v) is 4.89. The van der Waals surface area contributed by atoms with Gasteiger partial charge in [-0.1, -0.05) is 23.4 Å². The predicted molar refractivity (Wildman–Crippen MR) is 103 cm³/mol.